The number of ether oxygens (including phenoxy) is 1. The molecule has 2 aliphatic heterocycles. The molecule has 0 aliphatic carbocycles. The van der Waals surface area contributed by atoms with E-state index in [4.69, 9.17) is 4.74 Å². The van der Waals surface area contributed by atoms with Crippen LogP contribution < -0.4 is 5.32 Å². The average Bonchev–Trinajstić information content (AvgIpc) is 3.31. The molecule has 8 nitrogen and oxygen atoms in total. The van der Waals surface area contributed by atoms with Crippen LogP contribution in [0.3, 0.4) is 0 Å². The van der Waals surface area contributed by atoms with Crippen LogP contribution >= 0.6 is 0 Å². The van der Waals surface area contributed by atoms with Crippen LogP contribution in [-0.2, 0) is 16.1 Å². The van der Waals surface area contributed by atoms with Crippen molar-refractivity contribution in [3.63, 3.8) is 0 Å². The summed E-state index contributed by atoms with van der Waals surface area (Å²) in [5.74, 6) is -1.23. The number of halogens is 1. The van der Waals surface area contributed by atoms with Crippen molar-refractivity contribution >= 4 is 17.7 Å². The third kappa shape index (κ3) is 5.15. The van der Waals surface area contributed by atoms with Crippen molar-refractivity contribution in [2.24, 2.45) is 0 Å². The molecule has 9 heteroatoms. The third-order valence-corrected chi connectivity index (χ3v) is 7.17. The third-order valence-electron chi connectivity index (χ3n) is 7.17. The van der Waals surface area contributed by atoms with E-state index in [0.29, 0.717) is 42.8 Å². The first-order valence-corrected chi connectivity index (χ1v) is 12.6. The summed E-state index contributed by atoms with van der Waals surface area (Å²) >= 11 is 0. The fourth-order valence-corrected chi connectivity index (χ4v) is 5.03. The first-order valence-electron chi connectivity index (χ1n) is 12.6. The number of rotatable bonds is 5. The van der Waals surface area contributed by atoms with Gasteiger partial charge in [-0.25, -0.2) is 4.39 Å². The van der Waals surface area contributed by atoms with E-state index in [2.05, 4.69) is 10.3 Å². The van der Waals surface area contributed by atoms with Crippen molar-refractivity contribution in [2.45, 2.75) is 38.1 Å². The molecular formula is C29H29FN4O4. The van der Waals surface area contributed by atoms with E-state index in [-0.39, 0.29) is 30.9 Å². The van der Waals surface area contributed by atoms with Gasteiger partial charge in [-0.1, -0.05) is 23.8 Å². The largest absolute Gasteiger partial charge is 0.353 e. The number of piperidine rings is 1. The second kappa shape index (κ2) is 10.7. The SMILES string of the molecule is Cc1ccc(C(=O)N2C(C(=O)NCc3ccccn3)COC23CCN(C(=O)c2ccc(F)cc2)CC3)cc1. The summed E-state index contributed by atoms with van der Waals surface area (Å²) in [6.45, 7) is 2.88. The molecule has 3 amide bonds. The zero-order chi connectivity index (χ0) is 26.7. The Morgan fingerprint density at radius 1 is 0.974 bits per heavy atom. The van der Waals surface area contributed by atoms with Gasteiger partial charge in [0.25, 0.3) is 11.8 Å². The number of nitrogens with zero attached hydrogens (tertiary/aromatic N) is 3. The van der Waals surface area contributed by atoms with Gasteiger partial charge < -0.3 is 15.0 Å². The maximum atomic E-state index is 13.8. The molecule has 196 valence electrons. The van der Waals surface area contributed by atoms with Gasteiger partial charge in [-0.2, -0.15) is 0 Å². The minimum Gasteiger partial charge on any atom is -0.353 e. The number of hydrogen-bond donors (Lipinski definition) is 1. The van der Waals surface area contributed by atoms with Crippen molar-refractivity contribution in [3.05, 3.63) is 101 Å². The Kier molecular flexibility index (Phi) is 7.20. The summed E-state index contributed by atoms with van der Waals surface area (Å²) in [6, 6.07) is 17.3. The van der Waals surface area contributed by atoms with Gasteiger partial charge in [-0.05, 0) is 55.5 Å². The molecule has 1 N–H and O–H groups in total. The molecule has 2 saturated heterocycles. The van der Waals surface area contributed by atoms with Crippen LogP contribution in [0.5, 0.6) is 0 Å². The quantitative estimate of drug-likeness (QED) is 0.562. The summed E-state index contributed by atoms with van der Waals surface area (Å²) in [5, 5.41) is 2.89. The lowest BCUT2D eigenvalue weighted by Crippen LogP contribution is -2.59. The molecule has 5 rings (SSSR count). The van der Waals surface area contributed by atoms with Gasteiger partial charge in [0.15, 0.2) is 0 Å². The molecule has 38 heavy (non-hydrogen) atoms. The minimum atomic E-state index is -1.02. The molecule has 1 aromatic heterocycles. The second-order valence-corrected chi connectivity index (χ2v) is 9.65. The topological polar surface area (TPSA) is 91.8 Å². The van der Waals surface area contributed by atoms with Gasteiger partial charge in [0.05, 0.1) is 18.8 Å². The van der Waals surface area contributed by atoms with E-state index >= 15 is 0 Å². The van der Waals surface area contributed by atoms with Crippen LogP contribution in [0, 0.1) is 12.7 Å². The highest BCUT2D eigenvalue weighted by atomic mass is 19.1. The number of hydrogen-bond acceptors (Lipinski definition) is 5. The van der Waals surface area contributed by atoms with Crippen molar-refractivity contribution in [1.82, 2.24) is 20.1 Å². The normalized spacial score (nSPS) is 18.4. The minimum absolute atomic E-state index is 0.0531. The fourth-order valence-electron chi connectivity index (χ4n) is 5.03. The Hall–Kier alpha value is -4.11. The van der Waals surface area contributed by atoms with Crippen molar-refractivity contribution in [2.75, 3.05) is 19.7 Å². The van der Waals surface area contributed by atoms with E-state index < -0.39 is 17.6 Å². The zero-order valence-corrected chi connectivity index (χ0v) is 21.1. The van der Waals surface area contributed by atoms with Crippen molar-refractivity contribution in [3.8, 4) is 0 Å². The smallest absolute Gasteiger partial charge is 0.256 e. The molecule has 1 atom stereocenters. The van der Waals surface area contributed by atoms with E-state index in [9.17, 15) is 18.8 Å². The summed E-state index contributed by atoms with van der Waals surface area (Å²) in [4.78, 5) is 47.6. The number of carbonyl (C=O) groups is 3. The predicted molar refractivity (Wildman–Crippen MR) is 137 cm³/mol. The number of aryl methyl sites for hydroxylation is 1. The lowest BCUT2D eigenvalue weighted by atomic mass is 9.96. The molecule has 0 radical (unpaired) electrons. The van der Waals surface area contributed by atoms with Gasteiger partial charge in [-0.3, -0.25) is 24.3 Å². The molecule has 1 unspecified atom stereocenters. The maximum absolute atomic E-state index is 13.8. The molecule has 3 aromatic rings. The Labute approximate surface area is 220 Å². The lowest BCUT2D eigenvalue weighted by molar-refractivity contribution is -0.128. The van der Waals surface area contributed by atoms with Crippen LogP contribution in [0.4, 0.5) is 4.39 Å². The molecule has 2 fully saturated rings. The summed E-state index contributed by atoms with van der Waals surface area (Å²) < 4.78 is 19.5. The Morgan fingerprint density at radius 3 is 2.29 bits per heavy atom. The molecule has 2 aromatic carbocycles. The molecule has 0 bridgehead atoms. The number of likely N-dealkylation sites (tertiary alicyclic amines) is 1. The number of nitrogens with one attached hydrogen (secondary N) is 1. The molecule has 0 saturated carbocycles. The lowest BCUT2D eigenvalue weighted by Gasteiger charge is -2.44. The van der Waals surface area contributed by atoms with E-state index in [1.54, 1.807) is 34.2 Å². The van der Waals surface area contributed by atoms with Gasteiger partial charge >= 0.3 is 0 Å². The number of aromatic nitrogens is 1. The Balaban J connectivity index is 1.36. The fraction of sp³-hybridized carbons (Fsp3) is 0.310. The van der Waals surface area contributed by atoms with Crippen molar-refractivity contribution in [1.29, 1.82) is 0 Å². The highest BCUT2D eigenvalue weighted by Gasteiger charge is 2.54. The van der Waals surface area contributed by atoms with Gasteiger partial charge in [0.1, 0.15) is 17.6 Å². The predicted octanol–water partition coefficient (Wildman–Crippen LogP) is 3.32. The molecule has 3 heterocycles. The number of amides is 3. The van der Waals surface area contributed by atoms with Gasteiger partial charge in [0, 0.05) is 43.3 Å². The highest BCUT2D eigenvalue weighted by molar-refractivity contribution is 5.98. The Morgan fingerprint density at radius 2 is 1.63 bits per heavy atom. The highest BCUT2D eigenvalue weighted by Crippen LogP contribution is 2.39. The summed E-state index contributed by atoms with van der Waals surface area (Å²) in [6.07, 6.45) is 2.35. The second-order valence-electron chi connectivity index (χ2n) is 9.65. The summed E-state index contributed by atoms with van der Waals surface area (Å²) in [5.41, 5.74) is 1.57. The number of pyridine rings is 1. The first kappa shape index (κ1) is 25.5. The molecular weight excluding hydrogens is 487 g/mol. The maximum Gasteiger partial charge on any atom is 0.256 e. The van der Waals surface area contributed by atoms with Gasteiger partial charge in [-0.15, -0.1) is 0 Å². The molecule has 2 aliphatic rings. The van der Waals surface area contributed by atoms with Crippen LogP contribution in [0.1, 0.15) is 44.8 Å². The van der Waals surface area contributed by atoms with Crippen LogP contribution in [0.15, 0.2) is 72.9 Å². The standard InChI is InChI=1S/C29H29FN4O4/c1-20-5-7-22(8-6-20)28(37)34-25(26(35)32-18-24-4-2-3-15-31-24)19-38-29(34)13-16-33(17-14-29)27(36)21-9-11-23(30)12-10-21/h2-12,15,25H,13-14,16-19H2,1H3,(H,32,35). The van der Waals surface area contributed by atoms with E-state index in [1.165, 1.54) is 24.3 Å². The van der Waals surface area contributed by atoms with Crippen molar-refractivity contribution < 1.29 is 23.5 Å². The number of benzene rings is 2. The number of carbonyl (C=O) groups excluding carboxylic acids is 3. The summed E-state index contributed by atoms with van der Waals surface area (Å²) in [7, 11) is 0. The monoisotopic (exact) mass is 516 g/mol. The van der Waals surface area contributed by atoms with E-state index in [0.717, 1.165) is 5.56 Å². The average molecular weight is 517 g/mol. The van der Waals surface area contributed by atoms with Crippen LogP contribution in [-0.4, -0.2) is 64.0 Å². The zero-order valence-electron chi connectivity index (χ0n) is 21.1. The van der Waals surface area contributed by atoms with Crippen LogP contribution in [0.25, 0.3) is 0 Å². The van der Waals surface area contributed by atoms with Crippen LogP contribution in [0.2, 0.25) is 0 Å². The first-order chi connectivity index (χ1) is 18.4. The van der Waals surface area contributed by atoms with Gasteiger partial charge in [0.2, 0.25) is 5.91 Å². The van der Waals surface area contributed by atoms with E-state index in [1.807, 2.05) is 31.2 Å². The molecule has 1 spiro atoms. The Bertz CT molecular complexity index is 1310.